The molecule has 9 rings (SSSR count). The van der Waals surface area contributed by atoms with Gasteiger partial charge in [-0.25, -0.2) is 0 Å². The molecule has 0 bridgehead atoms. The van der Waals surface area contributed by atoms with E-state index in [-0.39, 0.29) is 0 Å². The van der Waals surface area contributed by atoms with E-state index in [2.05, 4.69) is 168 Å². The molecular weight excluding hydrogens is 560 g/mol. The number of benzene rings is 7. The van der Waals surface area contributed by atoms with Crippen LogP contribution in [0.5, 0.6) is 0 Å². The third kappa shape index (κ3) is 4.41. The topological polar surface area (TPSA) is 29.3 Å². The molecule has 0 atom stereocenters. The number of aromatic nitrogens is 1. The first-order valence-electron chi connectivity index (χ1n) is 15.5. The molecule has 2 heterocycles. The van der Waals surface area contributed by atoms with Crippen molar-refractivity contribution in [2.45, 2.75) is 0 Å². The van der Waals surface area contributed by atoms with E-state index in [0.717, 1.165) is 49.9 Å². The first kappa shape index (κ1) is 26.2. The highest BCUT2D eigenvalue weighted by molar-refractivity contribution is 6.15. The Hall–Kier alpha value is -6.19. The van der Waals surface area contributed by atoms with Crippen LogP contribution in [0.15, 0.2) is 174 Å². The second kappa shape index (κ2) is 10.8. The number of fused-ring (bicyclic) bond motifs is 6. The highest BCUT2D eigenvalue weighted by Gasteiger charge is 2.17. The zero-order valence-electron chi connectivity index (χ0n) is 25.0. The molecule has 46 heavy (non-hydrogen) atoms. The van der Waals surface area contributed by atoms with Gasteiger partial charge < -0.3 is 9.32 Å². The molecule has 0 N–H and O–H groups in total. The van der Waals surface area contributed by atoms with Crippen molar-refractivity contribution in [3.63, 3.8) is 0 Å². The highest BCUT2D eigenvalue weighted by atomic mass is 16.3. The van der Waals surface area contributed by atoms with Crippen LogP contribution in [-0.4, -0.2) is 4.98 Å². The summed E-state index contributed by atoms with van der Waals surface area (Å²) in [6, 6.07) is 58.0. The number of pyridine rings is 1. The number of hydrogen-bond donors (Lipinski definition) is 0. The van der Waals surface area contributed by atoms with E-state index < -0.39 is 0 Å². The van der Waals surface area contributed by atoms with Gasteiger partial charge in [-0.1, -0.05) is 97.1 Å². The number of hydrogen-bond acceptors (Lipinski definition) is 3. The first-order valence-corrected chi connectivity index (χ1v) is 15.5. The van der Waals surface area contributed by atoms with Crippen LogP contribution in [0.2, 0.25) is 0 Å². The Morgan fingerprint density at radius 1 is 0.435 bits per heavy atom. The van der Waals surface area contributed by atoms with E-state index in [0.29, 0.717) is 0 Å². The summed E-state index contributed by atoms with van der Waals surface area (Å²) < 4.78 is 6.43. The third-order valence-corrected chi connectivity index (χ3v) is 8.90. The van der Waals surface area contributed by atoms with E-state index in [1.807, 2.05) is 12.3 Å². The molecule has 0 saturated carbocycles. The van der Waals surface area contributed by atoms with Crippen molar-refractivity contribution in [3.8, 4) is 22.3 Å². The molecule has 7 aromatic carbocycles. The van der Waals surface area contributed by atoms with Gasteiger partial charge in [0.05, 0.1) is 5.52 Å². The minimum atomic E-state index is 0.861. The summed E-state index contributed by atoms with van der Waals surface area (Å²) in [5.74, 6) is 0. The quantitative estimate of drug-likeness (QED) is 0.200. The molecule has 0 aliphatic rings. The molecule has 0 amide bonds. The molecule has 3 nitrogen and oxygen atoms in total. The Morgan fingerprint density at radius 3 is 2.09 bits per heavy atom. The number of furan rings is 1. The molecular formula is C43H28N2O. The molecule has 9 aromatic rings. The first-order chi connectivity index (χ1) is 22.8. The summed E-state index contributed by atoms with van der Waals surface area (Å²) in [6.07, 6.45) is 1.82. The van der Waals surface area contributed by atoms with Gasteiger partial charge in [-0.15, -0.1) is 0 Å². The molecule has 0 radical (unpaired) electrons. The minimum absolute atomic E-state index is 0.861. The van der Waals surface area contributed by atoms with E-state index in [1.165, 1.54) is 33.0 Å². The Balaban J connectivity index is 1.21. The molecule has 0 aliphatic carbocycles. The number of nitrogens with zero attached hydrogens (tertiary/aromatic N) is 2. The van der Waals surface area contributed by atoms with Crippen LogP contribution in [0.25, 0.3) is 65.9 Å². The molecule has 0 spiro atoms. The van der Waals surface area contributed by atoms with Gasteiger partial charge in [0.25, 0.3) is 0 Å². The second-order valence-corrected chi connectivity index (χ2v) is 11.6. The summed E-state index contributed by atoms with van der Waals surface area (Å²) in [5, 5.41) is 5.68. The average molecular weight is 589 g/mol. The average Bonchev–Trinajstić information content (AvgIpc) is 3.51. The standard InChI is InChI=1S/C43H28N2O/c1-2-9-29(10-3-1)32-13-6-14-34(27-32)45(33-20-18-31(19-21-33)37-16-7-12-30-11-4-5-15-36(30)37)35-22-25-42-40(28-35)38-23-24-41-39(43(38)46-42)17-8-26-44-41/h1-28H. The Kier molecular flexibility index (Phi) is 6.14. The summed E-state index contributed by atoms with van der Waals surface area (Å²) in [5.41, 5.74) is 10.7. The van der Waals surface area contributed by atoms with Crippen LogP contribution in [-0.2, 0) is 0 Å². The highest BCUT2D eigenvalue weighted by Crippen LogP contribution is 2.41. The predicted molar refractivity (Wildman–Crippen MR) is 192 cm³/mol. The lowest BCUT2D eigenvalue weighted by molar-refractivity contribution is 0.672. The maximum Gasteiger partial charge on any atom is 0.144 e. The van der Waals surface area contributed by atoms with Crippen molar-refractivity contribution in [1.82, 2.24) is 4.98 Å². The van der Waals surface area contributed by atoms with Gasteiger partial charge in [-0.3, -0.25) is 4.98 Å². The molecule has 216 valence electrons. The van der Waals surface area contributed by atoms with Crippen molar-refractivity contribution in [2.75, 3.05) is 4.90 Å². The summed E-state index contributed by atoms with van der Waals surface area (Å²) in [4.78, 5) is 6.87. The van der Waals surface area contributed by atoms with Gasteiger partial charge in [0.15, 0.2) is 0 Å². The molecule has 0 saturated heterocycles. The summed E-state index contributed by atoms with van der Waals surface area (Å²) in [6.45, 7) is 0. The zero-order chi connectivity index (χ0) is 30.5. The molecule has 0 unspecified atom stereocenters. The molecule has 3 heteroatoms. The van der Waals surface area contributed by atoms with E-state index in [9.17, 15) is 0 Å². The Morgan fingerprint density at radius 2 is 1.17 bits per heavy atom. The lowest BCUT2D eigenvalue weighted by Gasteiger charge is -2.26. The smallest absolute Gasteiger partial charge is 0.144 e. The van der Waals surface area contributed by atoms with Crippen molar-refractivity contribution in [3.05, 3.63) is 170 Å². The lowest BCUT2D eigenvalue weighted by Crippen LogP contribution is -2.10. The fourth-order valence-corrected chi connectivity index (χ4v) is 6.68. The van der Waals surface area contributed by atoms with Crippen molar-refractivity contribution in [1.29, 1.82) is 0 Å². The number of anilines is 3. The Bertz CT molecular complexity index is 2530. The second-order valence-electron chi connectivity index (χ2n) is 11.6. The van der Waals surface area contributed by atoms with Gasteiger partial charge >= 0.3 is 0 Å². The van der Waals surface area contributed by atoms with E-state index >= 15 is 0 Å². The fourth-order valence-electron chi connectivity index (χ4n) is 6.68. The van der Waals surface area contributed by atoms with Gasteiger partial charge in [0.2, 0.25) is 0 Å². The molecule has 2 aromatic heterocycles. The normalized spacial score (nSPS) is 11.5. The summed E-state index contributed by atoms with van der Waals surface area (Å²) in [7, 11) is 0. The van der Waals surface area contributed by atoms with Crippen molar-refractivity contribution >= 4 is 60.7 Å². The Labute approximate surface area is 266 Å². The fraction of sp³-hybridized carbons (Fsp3) is 0. The van der Waals surface area contributed by atoms with Crippen LogP contribution >= 0.6 is 0 Å². The predicted octanol–water partition coefficient (Wildman–Crippen LogP) is 12.1. The third-order valence-electron chi connectivity index (χ3n) is 8.90. The van der Waals surface area contributed by atoms with Crippen LogP contribution in [0.3, 0.4) is 0 Å². The largest absolute Gasteiger partial charge is 0.455 e. The van der Waals surface area contributed by atoms with Crippen LogP contribution in [0.4, 0.5) is 17.1 Å². The SMILES string of the molecule is c1ccc(-c2cccc(N(c3ccc(-c4cccc5ccccc45)cc3)c3ccc4oc5c6cccnc6ccc5c4c3)c2)cc1. The molecule has 0 aliphatic heterocycles. The van der Waals surface area contributed by atoms with Crippen molar-refractivity contribution in [2.24, 2.45) is 0 Å². The zero-order valence-corrected chi connectivity index (χ0v) is 25.0. The van der Waals surface area contributed by atoms with Crippen LogP contribution < -0.4 is 4.90 Å². The van der Waals surface area contributed by atoms with Crippen molar-refractivity contribution < 1.29 is 4.42 Å². The van der Waals surface area contributed by atoms with E-state index in [1.54, 1.807) is 0 Å². The van der Waals surface area contributed by atoms with Gasteiger partial charge in [0, 0.05) is 39.4 Å². The van der Waals surface area contributed by atoms with E-state index in [4.69, 9.17) is 4.42 Å². The van der Waals surface area contributed by atoms with Gasteiger partial charge in [0.1, 0.15) is 11.2 Å². The van der Waals surface area contributed by atoms with Gasteiger partial charge in [-0.05, 0) is 99.8 Å². The number of rotatable bonds is 5. The minimum Gasteiger partial charge on any atom is -0.455 e. The monoisotopic (exact) mass is 588 g/mol. The maximum atomic E-state index is 6.43. The summed E-state index contributed by atoms with van der Waals surface area (Å²) >= 11 is 0. The van der Waals surface area contributed by atoms with Crippen LogP contribution in [0.1, 0.15) is 0 Å². The van der Waals surface area contributed by atoms with Gasteiger partial charge in [-0.2, -0.15) is 0 Å². The maximum absolute atomic E-state index is 6.43. The molecule has 0 fully saturated rings. The van der Waals surface area contributed by atoms with Crippen LogP contribution in [0, 0.1) is 0 Å². The lowest BCUT2D eigenvalue weighted by atomic mass is 9.98.